The molecule has 1 radical (unpaired) electrons. The molecule has 14 heavy (non-hydrogen) atoms. The fourth-order valence-corrected chi connectivity index (χ4v) is 1.06. The van der Waals surface area contributed by atoms with Crippen LogP contribution >= 0.6 is 0 Å². The fraction of sp³-hybridized carbons (Fsp3) is 0.200. The molecular weight excluding hydrogens is 182 g/mol. The number of methoxy groups -OCH3 is 1. The van der Waals surface area contributed by atoms with Gasteiger partial charge in [0.05, 0.1) is 12.8 Å². The summed E-state index contributed by atoms with van der Waals surface area (Å²) in [6.45, 7) is 1.39. The van der Waals surface area contributed by atoms with E-state index in [4.69, 9.17) is 4.74 Å². The van der Waals surface area contributed by atoms with Crippen LogP contribution in [0.1, 0.15) is 12.5 Å². The quantitative estimate of drug-likeness (QED) is 0.780. The topological polar surface area (TPSA) is 55.4 Å². The van der Waals surface area contributed by atoms with Gasteiger partial charge in [-0.2, -0.15) is 0 Å². The monoisotopic (exact) mass is 192 g/mol. The molecule has 4 heteroatoms. The van der Waals surface area contributed by atoms with Gasteiger partial charge in [0.2, 0.25) is 12.2 Å². The number of carbonyl (C=O) groups excluding carboxylic acids is 2. The molecule has 0 saturated carbocycles. The first kappa shape index (κ1) is 10.2. The van der Waals surface area contributed by atoms with Gasteiger partial charge in [0.15, 0.2) is 0 Å². The van der Waals surface area contributed by atoms with E-state index in [1.165, 1.54) is 20.1 Å². The van der Waals surface area contributed by atoms with E-state index in [-0.39, 0.29) is 5.91 Å². The van der Waals surface area contributed by atoms with Gasteiger partial charge in [0.1, 0.15) is 5.75 Å². The Bertz CT molecular complexity index is 360. The number of ether oxygens (including phenoxy) is 1. The number of rotatable bonds is 3. The van der Waals surface area contributed by atoms with E-state index in [9.17, 15) is 9.59 Å². The summed E-state index contributed by atoms with van der Waals surface area (Å²) in [6, 6.07) is 4.68. The van der Waals surface area contributed by atoms with Gasteiger partial charge in [-0.05, 0) is 18.2 Å². The van der Waals surface area contributed by atoms with Crippen molar-refractivity contribution in [2.24, 2.45) is 0 Å². The lowest BCUT2D eigenvalue weighted by Crippen LogP contribution is -2.07. The zero-order valence-electron chi connectivity index (χ0n) is 7.96. The minimum atomic E-state index is -0.216. The largest absolute Gasteiger partial charge is 0.495 e. The average molecular weight is 192 g/mol. The maximum absolute atomic E-state index is 10.8. The third-order valence-electron chi connectivity index (χ3n) is 1.63. The minimum absolute atomic E-state index is 0.216. The van der Waals surface area contributed by atoms with Gasteiger partial charge < -0.3 is 10.1 Å². The second-order valence-electron chi connectivity index (χ2n) is 2.70. The van der Waals surface area contributed by atoms with Crippen molar-refractivity contribution in [2.75, 3.05) is 12.4 Å². The summed E-state index contributed by atoms with van der Waals surface area (Å²) >= 11 is 0. The number of anilines is 1. The Kier molecular flexibility index (Phi) is 3.23. The molecule has 0 atom stereocenters. The maximum Gasteiger partial charge on any atom is 0.233 e. The number of nitrogens with one attached hydrogen (secondary N) is 1. The van der Waals surface area contributed by atoms with Crippen LogP contribution in [0.25, 0.3) is 0 Å². The van der Waals surface area contributed by atoms with Crippen LogP contribution in [0.3, 0.4) is 0 Å². The SMILES string of the molecule is COc1ccc([C]=O)cc1NC(C)=O. The molecule has 1 aromatic carbocycles. The normalized spacial score (nSPS) is 9.29. The molecule has 73 valence electrons. The van der Waals surface area contributed by atoms with Crippen LogP contribution in [0.5, 0.6) is 5.75 Å². The van der Waals surface area contributed by atoms with Crippen molar-refractivity contribution in [1.29, 1.82) is 0 Å². The number of carbonyl (C=O) groups is 1. The van der Waals surface area contributed by atoms with Gasteiger partial charge in [-0.25, -0.2) is 0 Å². The number of benzene rings is 1. The molecule has 1 aromatic rings. The second-order valence-corrected chi connectivity index (χ2v) is 2.70. The summed E-state index contributed by atoms with van der Waals surface area (Å²) in [5, 5.41) is 2.56. The molecule has 0 unspecified atom stereocenters. The molecule has 4 nitrogen and oxygen atoms in total. The Morgan fingerprint density at radius 1 is 1.50 bits per heavy atom. The Morgan fingerprint density at radius 3 is 2.71 bits per heavy atom. The van der Waals surface area contributed by atoms with Gasteiger partial charge in [0, 0.05) is 12.5 Å². The Labute approximate surface area is 81.9 Å². The number of hydrogen-bond acceptors (Lipinski definition) is 3. The molecule has 0 bridgehead atoms. The molecule has 0 saturated heterocycles. The summed E-state index contributed by atoms with van der Waals surface area (Å²) in [7, 11) is 1.49. The van der Waals surface area contributed by atoms with Crippen LogP contribution in [0, 0.1) is 0 Å². The van der Waals surface area contributed by atoms with Crippen molar-refractivity contribution in [1.82, 2.24) is 0 Å². The van der Waals surface area contributed by atoms with Gasteiger partial charge in [0.25, 0.3) is 0 Å². The first-order valence-corrected chi connectivity index (χ1v) is 4.01. The molecule has 0 aliphatic rings. The van der Waals surface area contributed by atoms with Gasteiger partial charge in [-0.15, -0.1) is 0 Å². The highest BCUT2D eigenvalue weighted by Gasteiger charge is 2.05. The smallest absolute Gasteiger partial charge is 0.233 e. The van der Waals surface area contributed by atoms with Crippen molar-refractivity contribution in [3.63, 3.8) is 0 Å². The highest BCUT2D eigenvalue weighted by molar-refractivity contribution is 5.92. The highest BCUT2D eigenvalue weighted by Crippen LogP contribution is 2.24. The third kappa shape index (κ3) is 2.32. The van der Waals surface area contributed by atoms with E-state index in [0.717, 1.165) is 0 Å². The molecule has 1 amide bonds. The predicted molar refractivity (Wildman–Crippen MR) is 52.1 cm³/mol. The molecule has 0 aliphatic carbocycles. The maximum atomic E-state index is 10.8. The van der Waals surface area contributed by atoms with Gasteiger partial charge in [-0.1, -0.05) is 0 Å². The molecule has 0 spiro atoms. The molecule has 0 heterocycles. The molecule has 0 fully saturated rings. The van der Waals surface area contributed by atoms with E-state index < -0.39 is 0 Å². The average Bonchev–Trinajstić information content (AvgIpc) is 2.16. The summed E-state index contributed by atoms with van der Waals surface area (Å²) in [5.41, 5.74) is 0.843. The number of amides is 1. The van der Waals surface area contributed by atoms with E-state index in [1.54, 1.807) is 18.4 Å². The summed E-state index contributed by atoms with van der Waals surface area (Å²) in [4.78, 5) is 21.2. The van der Waals surface area contributed by atoms with Crippen LogP contribution < -0.4 is 10.1 Å². The molecule has 0 aromatic heterocycles. The Balaban J connectivity index is 3.07. The Hall–Kier alpha value is -1.84. The first-order valence-electron chi connectivity index (χ1n) is 4.01. The molecular formula is C10H10NO3. The van der Waals surface area contributed by atoms with E-state index in [2.05, 4.69) is 5.32 Å². The highest BCUT2D eigenvalue weighted by atomic mass is 16.5. The summed E-state index contributed by atoms with van der Waals surface area (Å²) in [5.74, 6) is 0.297. The van der Waals surface area contributed by atoms with Crippen LogP contribution in [0.4, 0.5) is 5.69 Å². The van der Waals surface area contributed by atoms with Crippen molar-refractivity contribution < 1.29 is 14.3 Å². The van der Waals surface area contributed by atoms with Gasteiger partial charge in [-0.3, -0.25) is 9.59 Å². The third-order valence-corrected chi connectivity index (χ3v) is 1.63. The van der Waals surface area contributed by atoms with E-state index in [0.29, 0.717) is 17.0 Å². The van der Waals surface area contributed by atoms with Crippen LogP contribution in [0.2, 0.25) is 0 Å². The second kappa shape index (κ2) is 4.41. The van der Waals surface area contributed by atoms with E-state index >= 15 is 0 Å². The lowest BCUT2D eigenvalue weighted by Gasteiger charge is -2.08. The van der Waals surface area contributed by atoms with Crippen molar-refractivity contribution in [3.05, 3.63) is 23.8 Å². The van der Waals surface area contributed by atoms with Crippen LogP contribution in [-0.4, -0.2) is 19.3 Å². The number of hydrogen-bond donors (Lipinski definition) is 1. The zero-order chi connectivity index (χ0) is 10.6. The summed E-state index contributed by atoms with van der Waals surface area (Å²) in [6.07, 6.45) is 1.74. The van der Waals surface area contributed by atoms with Crippen LogP contribution in [-0.2, 0) is 9.59 Å². The Morgan fingerprint density at radius 2 is 2.21 bits per heavy atom. The summed E-state index contributed by atoms with van der Waals surface area (Å²) < 4.78 is 5.00. The lowest BCUT2D eigenvalue weighted by atomic mass is 10.2. The standard InChI is InChI=1S/C10H10NO3/c1-7(13)11-9-5-8(6-12)3-4-10(9)14-2/h3-5H,1-2H3,(H,11,13). The van der Waals surface area contributed by atoms with Crippen LogP contribution in [0.15, 0.2) is 18.2 Å². The fourth-order valence-electron chi connectivity index (χ4n) is 1.06. The first-order chi connectivity index (χ1) is 6.67. The van der Waals surface area contributed by atoms with Crippen molar-refractivity contribution in [2.45, 2.75) is 6.92 Å². The lowest BCUT2D eigenvalue weighted by molar-refractivity contribution is -0.114. The molecule has 1 N–H and O–H groups in total. The molecule has 1 rings (SSSR count). The zero-order valence-corrected chi connectivity index (χ0v) is 7.96. The van der Waals surface area contributed by atoms with E-state index in [1.807, 2.05) is 0 Å². The molecule has 0 aliphatic heterocycles. The van der Waals surface area contributed by atoms with Gasteiger partial charge >= 0.3 is 0 Å². The minimum Gasteiger partial charge on any atom is -0.495 e. The predicted octanol–water partition coefficient (Wildman–Crippen LogP) is 1.11. The van der Waals surface area contributed by atoms with Crippen molar-refractivity contribution in [3.8, 4) is 5.75 Å². The van der Waals surface area contributed by atoms with Crippen molar-refractivity contribution >= 4 is 17.9 Å².